The van der Waals surface area contributed by atoms with Gasteiger partial charge in [-0.15, -0.1) is 0 Å². The summed E-state index contributed by atoms with van der Waals surface area (Å²) in [4.78, 5) is 24.2. The van der Waals surface area contributed by atoms with Gasteiger partial charge in [0.05, 0.1) is 0 Å². The van der Waals surface area contributed by atoms with Gasteiger partial charge in [0.1, 0.15) is 11.9 Å². The SMILES string of the molecule is CCc1cccc(C)c1NC(=O)C(C)n1cc(F)ccc1=O. The molecule has 1 unspecified atom stereocenters. The van der Waals surface area contributed by atoms with E-state index in [1.165, 1.54) is 0 Å². The number of pyridine rings is 1. The molecular weight excluding hydrogens is 283 g/mol. The van der Waals surface area contributed by atoms with Crippen molar-refractivity contribution < 1.29 is 9.18 Å². The first kappa shape index (κ1) is 15.9. The van der Waals surface area contributed by atoms with Crippen LogP contribution in [0.3, 0.4) is 0 Å². The fraction of sp³-hybridized carbons (Fsp3) is 0.294. The maximum Gasteiger partial charge on any atom is 0.251 e. The molecule has 0 saturated heterocycles. The van der Waals surface area contributed by atoms with Crippen LogP contribution >= 0.6 is 0 Å². The highest BCUT2D eigenvalue weighted by Crippen LogP contribution is 2.22. The summed E-state index contributed by atoms with van der Waals surface area (Å²) < 4.78 is 14.4. The van der Waals surface area contributed by atoms with Crippen LogP contribution in [0.1, 0.15) is 31.0 Å². The molecule has 0 aliphatic rings. The van der Waals surface area contributed by atoms with Crippen molar-refractivity contribution in [2.75, 3.05) is 5.32 Å². The normalized spacial score (nSPS) is 12.0. The molecule has 0 bridgehead atoms. The summed E-state index contributed by atoms with van der Waals surface area (Å²) in [5, 5.41) is 2.85. The monoisotopic (exact) mass is 302 g/mol. The second-order valence-corrected chi connectivity index (χ2v) is 5.22. The number of hydrogen-bond donors (Lipinski definition) is 1. The number of aryl methyl sites for hydroxylation is 2. The Morgan fingerprint density at radius 3 is 2.73 bits per heavy atom. The Labute approximate surface area is 128 Å². The van der Waals surface area contributed by atoms with Crippen LogP contribution in [0.5, 0.6) is 0 Å². The van der Waals surface area contributed by atoms with E-state index < -0.39 is 17.4 Å². The number of anilines is 1. The molecule has 1 atom stereocenters. The molecule has 0 fully saturated rings. The van der Waals surface area contributed by atoms with Gasteiger partial charge in [-0.25, -0.2) is 4.39 Å². The number of halogens is 1. The molecule has 0 aliphatic heterocycles. The smallest absolute Gasteiger partial charge is 0.251 e. The highest BCUT2D eigenvalue weighted by atomic mass is 19.1. The molecule has 2 rings (SSSR count). The van der Waals surface area contributed by atoms with Crippen LogP contribution in [-0.4, -0.2) is 10.5 Å². The molecule has 1 aromatic heterocycles. The predicted octanol–water partition coefficient (Wildman–Crippen LogP) is 3.06. The number of aromatic nitrogens is 1. The van der Waals surface area contributed by atoms with Crippen molar-refractivity contribution in [3.8, 4) is 0 Å². The van der Waals surface area contributed by atoms with Crippen LogP contribution < -0.4 is 10.9 Å². The Morgan fingerprint density at radius 1 is 1.32 bits per heavy atom. The summed E-state index contributed by atoms with van der Waals surface area (Å²) in [5.41, 5.74) is 2.31. The van der Waals surface area contributed by atoms with Gasteiger partial charge in [0.25, 0.3) is 5.56 Å². The van der Waals surface area contributed by atoms with Crippen molar-refractivity contribution in [3.05, 3.63) is 63.8 Å². The molecule has 0 aliphatic carbocycles. The van der Waals surface area contributed by atoms with Crippen LogP contribution in [0.2, 0.25) is 0 Å². The first-order valence-electron chi connectivity index (χ1n) is 7.21. The van der Waals surface area contributed by atoms with E-state index in [-0.39, 0.29) is 5.91 Å². The summed E-state index contributed by atoms with van der Waals surface area (Å²) in [6, 6.07) is 7.19. The summed E-state index contributed by atoms with van der Waals surface area (Å²) >= 11 is 0. The van der Waals surface area contributed by atoms with E-state index in [4.69, 9.17) is 0 Å². The van der Waals surface area contributed by atoms with E-state index in [9.17, 15) is 14.0 Å². The van der Waals surface area contributed by atoms with Crippen molar-refractivity contribution in [2.24, 2.45) is 0 Å². The van der Waals surface area contributed by atoms with Crippen molar-refractivity contribution in [3.63, 3.8) is 0 Å². The van der Waals surface area contributed by atoms with Gasteiger partial charge in [-0.05, 0) is 37.5 Å². The van der Waals surface area contributed by atoms with Crippen LogP contribution in [0.25, 0.3) is 0 Å². The number of carbonyl (C=O) groups is 1. The predicted molar refractivity (Wildman–Crippen MR) is 84.6 cm³/mol. The molecule has 0 saturated carbocycles. The van der Waals surface area contributed by atoms with E-state index in [1.807, 2.05) is 32.0 Å². The van der Waals surface area contributed by atoms with E-state index >= 15 is 0 Å². The minimum atomic E-state index is -0.799. The molecule has 1 amide bonds. The number of nitrogens with one attached hydrogen (secondary N) is 1. The van der Waals surface area contributed by atoms with Gasteiger partial charge in [0.15, 0.2) is 0 Å². The molecule has 5 heteroatoms. The van der Waals surface area contributed by atoms with Gasteiger partial charge in [-0.1, -0.05) is 25.1 Å². The molecule has 1 N–H and O–H groups in total. The Kier molecular flexibility index (Phi) is 4.75. The standard InChI is InChI=1S/C17H19FN2O2/c1-4-13-7-5-6-11(2)16(13)19-17(22)12(3)20-10-14(18)8-9-15(20)21/h5-10,12H,4H2,1-3H3,(H,19,22). The summed E-state index contributed by atoms with van der Waals surface area (Å²) in [6.45, 7) is 5.48. The summed E-state index contributed by atoms with van der Waals surface area (Å²) in [7, 11) is 0. The summed E-state index contributed by atoms with van der Waals surface area (Å²) in [6.07, 6.45) is 1.83. The topological polar surface area (TPSA) is 51.1 Å². The second kappa shape index (κ2) is 6.56. The Hall–Kier alpha value is -2.43. The number of rotatable bonds is 4. The van der Waals surface area contributed by atoms with Crippen LogP contribution in [-0.2, 0) is 11.2 Å². The molecule has 1 heterocycles. The fourth-order valence-corrected chi connectivity index (χ4v) is 2.34. The van der Waals surface area contributed by atoms with Crippen LogP contribution in [0.15, 0.2) is 41.3 Å². The van der Waals surface area contributed by atoms with Gasteiger partial charge in [0, 0.05) is 18.0 Å². The number of nitrogens with zero attached hydrogens (tertiary/aromatic N) is 1. The minimum Gasteiger partial charge on any atom is -0.324 e. The lowest BCUT2D eigenvalue weighted by Crippen LogP contribution is -2.31. The second-order valence-electron chi connectivity index (χ2n) is 5.22. The molecular formula is C17H19FN2O2. The number of benzene rings is 1. The highest BCUT2D eigenvalue weighted by molar-refractivity contribution is 5.94. The van der Waals surface area contributed by atoms with Gasteiger partial charge in [-0.2, -0.15) is 0 Å². The first-order chi connectivity index (χ1) is 10.4. The Balaban J connectivity index is 2.30. The van der Waals surface area contributed by atoms with E-state index in [0.29, 0.717) is 0 Å². The van der Waals surface area contributed by atoms with E-state index in [2.05, 4.69) is 5.32 Å². The Morgan fingerprint density at radius 2 is 2.05 bits per heavy atom. The largest absolute Gasteiger partial charge is 0.324 e. The molecule has 0 radical (unpaired) electrons. The van der Waals surface area contributed by atoms with Crippen LogP contribution in [0, 0.1) is 12.7 Å². The third-order valence-corrected chi connectivity index (χ3v) is 3.69. The number of amides is 1. The Bertz CT molecular complexity index is 753. The zero-order chi connectivity index (χ0) is 16.3. The molecule has 4 nitrogen and oxygen atoms in total. The highest BCUT2D eigenvalue weighted by Gasteiger charge is 2.18. The van der Waals surface area contributed by atoms with Crippen LogP contribution in [0.4, 0.5) is 10.1 Å². The zero-order valence-corrected chi connectivity index (χ0v) is 12.9. The number of carbonyl (C=O) groups excluding carboxylic acids is 1. The maximum atomic E-state index is 13.3. The lowest BCUT2D eigenvalue weighted by Gasteiger charge is -2.18. The average molecular weight is 302 g/mol. The van der Waals surface area contributed by atoms with Crippen molar-refractivity contribution in [1.82, 2.24) is 4.57 Å². The van der Waals surface area contributed by atoms with Gasteiger partial charge in [0.2, 0.25) is 5.91 Å². The molecule has 1 aromatic carbocycles. The quantitative estimate of drug-likeness (QED) is 0.943. The third kappa shape index (κ3) is 3.24. The minimum absolute atomic E-state index is 0.350. The molecule has 116 valence electrons. The first-order valence-corrected chi connectivity index (χ1v) is 7.21. The van der Waals surface area contributed by atoms with E-state index in [0.717, 1.165) is 46.1 Å². The maximum absolute atomic E-state index is 13.3. The number of hydrogen-bond acceptors (Lipinski definition) is 2. The van der Waals surface area contributed by atoms with Crippen molar-refractivity contribution in [1.29, 1.82) is 0 Å². The fourth-order valence-electron chi connectivity index (χ4n) is 2.34. The van der Waals surface area contributed by atoms with E-state index in [1.54, 1.807) is 6.92 Å². The third-order valence-electron chi connectivity index (χ3n) is 3.69. The summed E-state index contributed by atoms with van der Waals surface area (Å²) in [5.74, 6) is -0.902. The molecule has 22 heavy (non-hydrogen) atoms. The van der Waals surface area contributed by atoms with Gasteiger partial charge in [-0.3, -0.25) is 9.59 Å². The van der Waals surface area contributed by atoms with Crippen molar-refractivity contribution >= 4 is 11.6 Å². The van der Waals surface area contributed by atoms with Gasteiger partial charge < -0.3 is 9.88 Å². The molecule has 2 aromatic rings. The number of para-hydroxylation sites is 1. The lowest BCUT2D eigenvalue weighted by molar-refractivity contribution is -0.118. The lowest BCUT2D eigenvalue weighted by atomic mass is 10.1. The zero-order valence-electron chi connectivity index (χ0n) is 12.9. The molecule has 0 spiro atoms. The average Bonchev–Trinajstić information content (AvgIpc) is 2.50. The van der Waals surface area contributed by atoms with Crippen molar-refractivity contribution in [2.45, 2.75) is 33.2 Å². The van der Waals surface area contributed by atoms with Gasteiger partial charge >= 0.3 is 0 Å².